The summed E-state index contributed by atoms with van der Waals surface area (Å²) in [5.74, 6) is -0.176. The molecule has 0 radical (unpaired) electrons. The second-order valence-electron chi connectivity index (χ2n) is 10.3. The van der Waals surface area contributed by atoms with Gasteiger partial charge in [-0.25, -0.2) is 8.42 Å². The number of sulfonamides is 1. The molecule has 3 fully saturated rings. The second-order valence-corrected chi connectivity index (χ2v) is 14.5. The Morgan fingerprint density at radius 2 is 1.74 bits per heavy atom. The Kier molecular flexibility index (Phi) is 6.59. The smallest absolute Gasteiger partial charge is 0.243 e. The van der Waals surface area contributed by atoms with E-state index in [-0.39, 0.29) is 35.2 Å². The lowest BCUT2D eigenvalue weighted by Crippen LogP contribution is -2.63. The fourth-order valence-corrected chi connectivity index (χ4v) is 9.76. The summed E-state index contributed by atoms with van der Waals surface area (Å²) >= 11 is 7.83. The Bertz CT molecular complexity index is 1480. The van der Waals surface area contributed by atoms with E-state index in [9.17, 15) is 13.2 Å². The Morgan fingerprint density at radius 1 is 1.03 bits per heavy atom. The van der Waals surface area contributed by atoms with Gasteiger partial charge in [0.25, 0.3) is 0 Å². The summed E-state index contributed by atoms with van der Waals surface area (Å²) < 4.78 is 34.4. The SMILES string of the molecule is COCC12CN(S(=O)(=O)c3ccc4cc(Cl)ccc4c3)CC(=O)N1CC1(CCN(c3ccncc3)CC1)S2. The molecule has 0 aliphatic carbocycles. The minimum atomic E-state index is -3.91. The molecule has 2 aromatic carbocycles. The van der Waals surface area contributed by atoms with Crippen molar-refractivity contribution in [3.63, 3.8) is 0 Å². The minimum absolute atomic E-state index is 0.139. The van der Waals surface area contributed by atoms with Gasteiger partial charge in [-0.3, -0.25) is 9.78 Å². The summed E-state index contributed by atoms with van der Waals surface area (Å²) in [6, 6.07) is 14.4. The van der Waals surface area contributed by atoms with Crippen LogP contribution in [-0.2, 0) is 19.6 Å². The number of piperazine rings is 1. The van der Waals surface area contributed by atoms with E-state index >= 15 is 0 Å². The molecule has 200 valence electrons. The van der Waals surface area contributed by atoms with Gasteiger partial charge in [-0.05, 0) is 60.0 Å². The van der Waals surface area contributed by atoms with Crippen molar-refractivity contribution in [1.29, 1.82) is 0 Å². The zero-order valence-corrected chi connectivity index (χ0v) is 23.4. The molecule has 0 bridgehead atoms. The van der Waals surface area contributed by atoms with E-state index in [1.807, 2.05) is 17.0 Å². The maximum Gasteiger partial charge on any atom is 0.243 e. The molecule has 3 saturated heterocycles. The highest BCUT2D eigenvalue weighted by molar-refractivity contribution is 8.02. The van der Waals surface area contributed by atoms with Gasteiger partial charge in [0.1, 0.15) is 4.87 Å². The van der Waals surface area contributed by atoms with Crippen molar-refractivity contribution in [3.8, 4) is 0 Å². The predicted octanol–water partition coefficient (Wildman–Crippen LogP) is 3.85. The van der Waals surface area contributed by atoms with Crippen LogP contribution in [-0.4, -0.2) is 84.6 Å². The van der Waals surface area contributed by atoms with Gasteiger partial charge in [-0.1, -0.05) is 23.7 Å². The number of rotatable bonds is 5. The molecule has 3 aromatic rings. The van der Waals surface area contributed by atoms with E-state index in [0.717, 1.165) is 42.4 Å². The quantitative estimate of drug-likeness (QED) is 0.459. The van der Waals surface area contributed by atoms with Crippen LogP contribution in [0.3, 0.4) is 0 Å². The molecule has 1 aromatic heterocycles. The first kappa shape index (κ1) is 25.9. The largest absolute Gasteiger partial charge is 0.381 e. The van der Waals surface area contributed by atoms with Crippen LogP contribution >= 0.6 is 23.4 Å². The Morgan fingerprint density at radius 3 is 2.47 bits per heavy atom. The van der Waals surface area contributed by atoms with E-state index < -0.39 is 14.9 Å². The van der Waals surface area contributed by atoms with Crippen molar-refractivity contribution in [1.82, 2.24) is 14.2 Å². The molecule has 4 heterocycles. The van der Waals surface area contributed by atoms with Gasteiger partial charge in [-0.2, -0.15) is 4.31 Å². The van der Waals surface area contributed by atoms with Crippen LogP contribution in [0, 0.1) is 0 Å². The predicted molar refractivity (Wildman–Crippen MR) is 150 cm³/mol. The standard InChI is InChI=1S/C27H29ClN4O4S2/c1-36-19-27-18-31(38(34,35)24-5-3-20-14-22(28)4-2-21(20)15-24)16-25(33)32(27)17-26(37-27)8-12-30(13-9-26)23-6-10-29-11-7-23/h2-7,10-11,14-15H,8-9,12-13,16-19H2,1H3. The number of piperidine rings is 1. The number of ether oxygens (including phenoxy) is 1. The van der Waals surface area contributed by atoms with Crippen molar-refractivity contribution in [3.05, 3.63) is 65.9 Å². The van der Waals surface area contributed by atoms with Crippen molar-refractivity contribution in [2.24, 2.45) is 0 Å². The van der Waals surface area contributed by atoms with Crippen LogP contribution in [0.4, 0.5) is 5.69 Å². The number of nitrogens with zero attached hydrogens (tertiary/aromatic N) is 4. The van der Waals surface area contributed by atoms with Crippen molar-refractivity contribution >= 4 is 55.8 Å². The molecule has 3 aliphatic rings. The average Bonchev–Trinajstić information content (AvgIpc) is 3.23. The topological polar surface area (TPSA) is 83.0 Å². The number of hydrogen-bond donors (Lipinski definition) is 0. The van der Waals surface area contributed by atoms with E-state index in [1.54, 1.807) is 67.7 Å². The first-order valence-electron chi connectivity index (χ1n) is 12.6. The van der Waals surface area contributed by atoms with Gasteiger partial charge in [0, 0.05) is 61.1 Å². The van der Waals surface area contributed by atoms with Gasteiger partial charge in [0.05, 0.1) is 18.0 Å². The number of carbonyl (C=O) groups excluding carboxylic acids is 1. The first-order chi connectivity index (χ1) is 18.2. The lowest BCUT2D eigenvalue weighted by atomic mass is 9.94. The number of methoxy groups -OCH3 is 1. The third-order valence-corrected chi connectivity index (χ3v) is 11.7. The molecule has 1 atom stereocenters. The maximum atomic E-state index is 13.8. The van der Waals surface area contributed by atoms with E-state index in [1.165, 1.54) is 4.31 Å². The maximum absolute atomic E-state index is 13.8. The molecule has 3 aliphatic heterocycles. The normalized spacial score (nSPS) is 23.8. The molecular weight excluding hydrogens is 544 g/mol. The number of benzene rings is 2. The zero-order valence-electron chi connectivity index (χ0n) is 21.0. The summed E-state index contributed by atoms with van der Waals surface area (Å²) in [4.78, 5) is 21.3. The highest BCUT2D eigenvalue weighted by atomic mass is 35.5. The number of amides is 1. The fraction of sp³-hybridized carbons (Fsp3) is 0.407. The summed E-state index contributed by atoms with van der Waals surface area (Å²) in [6.07, 6.45) is 5.40. The highest BCUT2D eigenvalue weighted by Gasteiger charge is 2.60. The molecule has 1 spiro atoms. The molecule has 1 unspecified atom stereocenters. The van der Waals surface area contributed by atoms with Crippen molar-refractivity contribution < 1.29 is 17.9 Å². The minimum Gasteiger partial charge on any atom is -0.381 e. The second kappa shape index (κ2) is 9.67. The van der Waals surface area contributed by atoms with Crippen LogP contribution in [0.5, 0.6) is 0 Å². The van der Waals surface area contributed by atoms with Crippen molar-refractivity contribution in [2.45, 2.75) is 27.4 Å². The fourth-order valence-electron chi connectivity index (χ4n) is 5.96. The van der Waals surface area contributed by atoms with Gasteiger partial charge >= 0.3 is 0 Å². The van der Waals surface area contributed by atoms with Crippen LogP contribution in [0.1, 0.15) is 12.8 Å². The summed E-state index contributed by atoms with van der Waals surface area (Å²) in [5.41, 5.74) is 1.15. The van der Waals surface area contributed by atoms with E-state index in [0.29, 0.717) is 11.6 Å². The number of anilines is 1. The van der Waals surface area contributed by atoms with E-state index in [4.69, 9.17) is 16.3 Å². The number of carbonyl (C=O) groups is 1. The molecular formula is C27H29ClN4O4S2. The molecule has 1 amide bonds. The molecule has 38 heavy (non-hydrogen) atoms. The number of aromatic nitrogens is 1. The molecule has 6 rings (SSSR count). The van der Waals surface area contributed by atoms with Crippen LogP contribution in [0.15, 0.2) is 65.8 Å². The number of pyridine rings is 1. The van der Waals surface area contributed by atoms with E-state index in [2.05, 4.69) is 9.88 Å². The number of thioether (sulfide) groups is 1. The lowest BCUT2D eigenvalue weighted by Gasteiger charge is -2.44. The van der Waals surface area contributed by atoms with Gasteiger partial charge < -0.3 is 14.5 Å². The third kappa shape index (κ3) is 4.46. The number of halogens is 1. The van der Waals surface area contributed by atoms with Crippen molar-refractivity contribution in [2.75, 3.05) is 51.3 Å². The van der Waals surface area contributed by atoms with Crippen LogP contribution in [0.25, 0.3) is 10.8 Å². The lowest BCUT2D eigenvalue weighted by molar-refractivity contribution is -0.140. The first-order valence-corrected chi connectivity index (χ1v) is 15.2. The number of hydrogen-bond acceptors (Lipinski definition) is 7. The Balaban J connectivity index is 1.26. The van der Waals surface area contributed by atoms with Crippen LogP contribution in [0.2, 0.25) is 5.02 Å². The molecule has 8 nitrogen and oxygen atoms in total. The third-order valence-electron chi connectivity index (χ3n) is 7.86. The average molecular weight is 573 g/mol. The number of fused-ring (bicyclic) bond motifs is 2. The monoisotopic (exact) mass is 572 g/mol. The Labute approximate surface area is 231 Å². The van der Waals surface area contributed by atoms with Gasteiger partial charge in [0.2, 0.25) is 15.9 Å². The van der Waals surface area contributed by atoms with Gasteiger partial charge in [0.15, 0.2) is 0 Å². The van der Waals surface area contributed by atoms with Gasteiger partial charge in [-0.15, -0.1) is 11.8 Å². The Hall–Kier alpha value is -2.37. The van der Waals surface area contributed by atoms with Crippen LogP contribution < -0.4 is 4.90 Å². The molecule has 0 N–H and O–H groups in total. The summed E-state index contributed by atoms with van der Waals surface area (Å²) in [6.45, 7) is 2.62. The highest BCUT2D eigenvalue weighted by Crippen LogP contribution is 2.54. The summed E-state index contributed by atoms with van der Waals surface area (Å²) in [7, 11) is -2.30. The zero-order chi connectivity index (χ0) is 26.5. The summed E-state index contributed by atoms with van der Waals surface area (Å²) in [5, 5.41) is 2.23. The molecule has 11 heteroatoms. The molecule has 0 saturated carbocycles.